The van der Waals surface area contributed by atoms with E-state index in [4.69, 9.17) is 9.47 Å². The van der Waals surface area contributed by atoms with E-state index in [2.05, 4.69) is 19.8 Å². The molecule has 0 spiro atoms. The van der Waals surface area contributed by atoms with Crippen molar-refractivity contribution in [3.8, 4) is 0 Å². The van der Waals surface area contributed by atoms with Crippen LogP contribution in [0.4, 0.5) is 4.79 Å². The first-order chi connectivity index (χ1) is 14.5. The van der Waals surface area contributed by atoms with Gasteiger partial charge >= 0.3 is 6.09 Å². The van der Waals surface area contributed by atoms with Gasteiger partial charge in [-0.25, -0.2) is 14.3 Å². The number of imidazole rings is 1. The molecule has 0 bridgehead atoms. The molecule has 0 saturated heterocycles. The van der Waals surface area contributed by atoms with E-state index in [0.29, 0.717) is 16.9 Å². The topological polar surface area (TPSA) is 113 Å². The quantitative estimate of drug-likeness (QED) is 0.510. The average molecular weight is 466 g/mol. The molecule has 0 aliphatic carbocycles. The summed E-state index contributed by atoms with van der Waals surface area (Å²) in [5.74, 6) is 0. The van der Waals surface area contributed by atoms with E-state index in [-0.39, 0.29) is 6.61 Å². The number of hydrogen-bond donors (Lipinski definition) is 1. The Hall–Kier alpha value is -2.17. The molecule has 2 rings (SSSR count). The number of aromatic nitrogens is 3. The van der Waals surface area contributed by atoms with Gasteiger partial charge in [0, 0.05) is 5.56 Å². The van der Waals surface area contributed by atoms with Crippen molar-refractivity contribution in [1.29, 1.82) is 0 Å². The molecule has 2 heterocycles. The lowest BCUT2D eigenvalue weighted by Gasteiger charge is -2.26. The SMILES string of the molecule is CC(C)(C)OC[C@H](NC(=O)OC(C)(C)C)c1cn2ncc(/C=N/[S@@+]([O-])C(C)(C)C)cc2n1. The molecule has 0 aliphatic rings. The third-order valence-electron chi connectivity index (χ3n) is 3.91. The Bertz CT molecular complexity index is 954. The van der Waals surface area contributed by atoms with Gasteiger partial charge in [-0.3, -0.25) is 0 Å². The van der Waals surface area contributed by atoms with Crippen molar-refractivity contribution in [2.75, 3.05) is 6.61 Å². The summed E-state index contributed by atoms with van der Waals surface area (Å²) in [5.41, 5.74) is 0.811. The first-order valence-corrected chi connectivity index (χ1v) is 11.6. The van der Waals surface area contributed by atoms with Crippen LogP contribution in [0.3, 0.4) is 0 Å². The maximum atomic E-state index is 12.4. The van der Waals surface area contributed by atoms with Crippen LogP contribution in [0.1, 0.15) is 79.6 Å². The summed E-state index contributed by atoms with van der Waals surface area (Å²) in [6.45, 7) is 17.0. The fourth-order valence-corrected chi connectivity index (χ4v) is 2.93. The van der Waals surface area contributed by atoms with Crippen LogP contribution in [0.25, 0.3) is 5.65 Å². The van der Waals surface area contributed by atoms with Gasteiger partial charge in [-0.15, -0.1) is 0 Å². The zero-order valence-corrected chi connectivity index (χ0v) is 21.2. The Balaban J connectivity index is 2.28. The number of nitrogens with one attached hydrogen (secondary N) is 1. The highest BCUT2D eigenvalue weighted by molar-refractivity contribution is 7.91. The molecule has 0 aliphatic heterocycles. The maximum Gasteiger partial charge on any atom is 0.408 e. The number of nitrogens with zero attached hydrogens (tertiary/aromatic N) is 4. The van der Waals surface area contributed by atoms with Gasteiger partial charge < -0.3 is 19.3 Å². The van der Waals surface area contributed by atoms with Crippen LogP contribution in [0.5, 0.6) is 0 Å². The molecule has 0 radical (unpaired) electrons. The van der Waals surface area contributed by atoms with Crippen molar-refractivity contribution in [3.05, 3.63) is 29.7 Å². The lowest BCUT2D eigenvalue weighted by atomic mass is 10.2. The molecule has 2 aromatic heterocycles. The summed E-state index contributed by atoms with van der Waals surface area (Å²) < 4.78 is 28.7. The lowest BCUT2D eigenvalue weighted by molar-refractivity contribution is -0.0179. The van der Waals surface area contributed by atoms with E-state index in [9.17, 15) is 9.35 Å². The van der Waals surface area contributed by atoms with Crippen LogP contribution in [-0.2, 0) is 20.8 Å². The lowest BCUT2D eigenvalue weighted by Crippen LogP contribution is -2.38. The number of carbonyl (C=O) groups excluding carboxylic acids is 1. The molecule has 2 aromatic rings. The maximum absolute atomic E-state index is 12.4. The minimum atomic E-state index is -1.36. The highest BCUT2D eigenvalue weighted by atomic mass is 32.2. The molecule has 0 aromatic carbocycles. The van der Waals surface area contributed by atoms with Crippen molar-refractivity contribution in [3.63, 3.8) is 0 Å². The van der Waals surface area contributed by atoms with Crippen LogP contribution < -0.4 is 5.32 Å². The summed E-state index contributed by atoms with van der Waals surface area (Å²) in [5, 5.41) is 7.19. The second-order valence-corrected chi connectivity index (χ2v) is 12.4. The van der Waals surface area contributed by atoms with Gasteiger partial charge in [0.1, 0.15) is 21.7 Å². The predicted octanol–water partition coefficient (Wildman–Crippen LogP) is 3.99. The number of hydrogen-bond acceptors (Lipinski definition) is 7. The molecule has 1 amide bonds. The molecule has 32 heavy (non-hydrogen) atoms. The first kappa shape index (κ1) is 26.1. The van der Waals surface area contributed by atoms with E-state index in [1.54, 1.807) is 43.7 Å². The van der Waals surface area contributed by atoms with Gasteiger partial charge in [0.25, 0.3) is 0 Å². The minimum Gasteiger partial charge on any atom is -0.591 e. The second kappa shape index (κ2) is 9.76. The summed E-state index contributed by atoms with van der Waals surface area (Å²) in [4.78, 5) is 17.0. The predicted molar refractivity (Wildman–Crippen MR) is 126 cm³/mol. The van der Waals surface area contributed by atoms with Crippen molar-refractivity contribution in [2.45, 2.75) is 84.3 Å². The van der Waals surface area contributed by atoms with Gasteiger partial charge in [0.05, 0.1) is 42.6 Å². The second-order valence-electron chi connectivity index (χ2n) is 10.5. The number of carbonyl (C=O) groups is 1. The fourth-order valence-electron chi connectivity index (χ4n) is 2.40. The smallest absolute Gasteiger partial charge is 0.408 e. The molecule has 10 heteroatoms. The number of amides is 1. The van der Waals surface area contributed by atoms with Gasteiger partial charge in [0.2, 0.25) is 0 Å². The first-order valence-electron chi connectivity index (χ1n) is 10.5. The standard InChI is InChI=1S/C22H35N5O4S/c1-20(2,3)30-14-17(26-19(28)31-21(4,5)6)16-13-27-18(25-16)10-15(11-23-27)12-24-32(29)22(7,8)9/h10-13,17H,14H2,1-9H3,(H,26,28)/b24-12+/t17-,32-/m0/s1. The Kier molecular flexibility index (Phi) is 7.96. The third kappa shape index (κ3) is 8.40. The Morgan fingerprint density at radius 1 is 1.22 bits per heavy atom. The van der Waals surface area contributed by atoms with E-state index >= 15 is 0 Å². The minimum absolute atomic E-state index is 0.214. The van der Waals surface area contributed by atoms with Gasteiger partial charge in [0.15, 0.2) is 5.65 Å². The molecular weight excluding hydrogens is 430 g/mol. The van der Waals surface area contributed by atoms with E-state index < -0.39 is 39.4 Å². The zero-order valence-electron chi connectivity index (χ0n) is 20.4. The molecule has 0 saturated carbocycles. The summed E-state index contributed by atoms with van der Waals surface area (Å²) >= 11 is -1.36. The fraction of sp³-hybridized carbons (Fsp3) is 0.636. The van der Waals surface area contributed by atoms with E-state index in [1.807, 2.05) is 41.5 Å². The molecule has 1 N–H and O–H groups in total. The highest BCUT2D eigenvalue weighted by Crippen LogP contribution is 2.20. The van der Waals surface area contributed by atoms with E-state index in [1.165, 1.54) is 6.21 Å². The molecular formula is C22H35N5O4S. The number of alkyl carbamates (subject to hydrolysis) is 1. The molecule has 9 nitrogen and oxygen atoms in total. The Morgan fingerprint density at radius 2 is 1.88 bits per heavy atom. The average Bonchev–Trinajstić information content (AvgIpc) is 3.03. The molecule has 0 unspecified atom stereocenters. The number of rotatable bonds is 6. The van der Waals surface area contributed by atoms with Crippen LogP contribution >= 0.6 is 0 Å². The Labute approximate surface area is 193 Å². The summed E-state index contributed by atoms with van der Waals surface area (Å²) in [6, 6.07) is 1.26. The van der Waals surface area contributed by atoms with Gasteiger partial charge in [-0.05, 0) is 68.4 Å². The van der Waals surface area contributed by atoms with Crippen molar-refractivity contribution < 1.29 is 18.8 Å². The number of fused-ring (bicyclic) bond motifs is 1. The van der Waals surface area contributed by atoms with Gasteiger partial charge in [-0.2, -0.15) is 5.10 Å². The largest absolute Gasteiger partial charge is 0.591 e. The number of ether oxygens (including phenoxy) is 2. The van der Waals surface area contributed by atoms with Crippen molar-refractivity contribution in [2.24, 2.45) is 4.40 Å². The summed E-state index contributed by atoms with van der Waals surface area (Å²) in [6.07, 6.45) is 4.32. The van der Waals surface area contributed by atoms with Crippen LogP contribution in [0.15, 0.2) is 22.9 Å². The van der Waals surface area contributed by atoms with E-state index in [0.717, 1.165) is 0 Å². The normalized spacial score (nSPS) is 15.2. The Morgan fingerprint density at radius 3 is 2.44 bits per heavy atom. The molecule has 178 valence electrons. The summed E-state index contributed by atoms with van der Waals surface area (Å²) in [7, 11) is 0. The van der Waals surface area contributed by atoms with Gasteiger partial charge in [-0.1, -0.05) is 4.40 Å². The molecule has 0 fully saturated rings. The highest BCUT2D eigenvalue weighted by Gasteiger charge is 2.26. The van der Waals surface area contributed by atoms with Crippen LogP contribution in [-0.4, -0.2) is 54.0 Å². The van der Waals surface area contributed by atoms with Crippen LogP contribution in [0, 0.1) is 0 Å². The van der Waals surface area contributed by atoms with Crippen molar-refractivity contribution >= 4 is 29.3 Å². The zero-order chi connectivity index (χ0) is 24.3. The van der Waals surface area contributed by atoms with Crippen molar-refractivity contribution in [1.82, 2.24) is 19.9 Å². The third-order valence-corrected chi connectivity index (χ3v) is 5.26. The molecule has 2 atom stereocenters. The monoisotopic (exact) mass is 465 g/mol. The van der Waals surface area contributed by atoms with Crippen LogP contribution in [0.2, 0.25) is 0 Å².